The van der Waals surface area contributed by atoms with Crippen molar-refractivity contribution in [3.05, 3.63) is 24.3 Å². The van der Waals surface area contributed by atoms with E-state index in [1.54, 1.807) is 22.5 Å². The highest BCUT2D eigenvalue weighted by molar-refractivity contribution is 7.89. The molecular formula is C20H30N2O3S. The molecule has 6 heteroatoms. The van der Waals surface area contributed by atoms with E-state index in [1.165, 1.54) is 19.3 Å². The fraction of sp³-hybridized carbons (Fsp3) is 0.700. The van der Waals surface area contributed by atoms with Crippen LogP contribution in [0, 0.1) is 5.41 Å². The van der Waals surface area contributed by atoms with E-state index < -0.39 is 10.0 Å². The number of likely N-dealkylation sites (tertiary alicyclic amines) is 1. The highest BCUT2D eigenvalue weighted by Crippen LogP contribution is 2.41. The largest absolute Gasteiger partial charge is 0.492 e. The molecule has 0 atom stereocenters. The fourth-order valence-electron chi connectivity index (χ4n) is 4.48. The molecule has 0 aromatic heterocycles. The molecule has 0 unspecified atom stereocenters. The molecule has 0 radical (unpaired) electrons. The average Bonchev–Trinajstić information content (AvgIpc) is 2.57. The molecular weight excluding hydrogens is 348 g/mol. The maximum Gasteiger partial charge on any atom is 0.247 e. The van der Waals surface area contributed by atoms with Gasteiger partial charge in [-0.1, -0.05) is 18.6 Å². The van der Waals surface area contributed by atoms with Crippen molar-refractivity contribution in [1.82, 2.24) is 9.21 Å². The molecule has 4 rings (SSSR count). The van der Waals surface area contributed by atoms with E-state index in [0.29, 0.717) is 23.8 Å². The van der Waals surface area contributed by atoms with Gasteiger partial charge in [0.1, 0.15) is 10.6 Å². The van der Waals surface area contributed by atoms with Crippen LogP contribution in [0.25, 0.3) is 0 Å². The second-order valence-electron chi connectivity index (χ2n) is 8.50. The Hall–Kier alpha value is -1.11. The third-order valence-corrected chi connectivity index (χ3v) is 8.55. The summed E-state index contributed by atoms with van der Waals surface area (Å²) in [7, 11) is -3.55. The predicted octanol–water partition coefficient (Wildman–Crippen LogP) is 3.11. The minimum atomic E-state index is -3.55. The van der Waals surface area contributed by atoms with Crippen LogP contribution in [0.3, 0.4) is 0 Å². The van der Waals surface area contributed by atoms with Gasteiger partial charge in [-0.25, -0.2) is 8.42 Å². The van der Waals surface area contributed by atoms with E-state index in [2.05, 4.69) is 4.90 Å². The molecule has 3 aliphatic rings. The Morgan fingerprint density at radius 2 is 1.85 bits per heavy atom. The number of fused-ring (bicyclic) bond motifs is 1. The van der Waals surface area contributed by atoms with Crippen LogP contribution in [0.4, 0.5) is 0 Å². The van der Waals surface area contributed by atoms with Gasteiger partial charge in [0.05, 0.1) is 6.61 Å². The smallest absolute Gasteiger partial charge is 0.247 e. The van der Waals surface area contributed by atoms with Crippen molar-refractivity contribution in [2.75, 3.05) is 26.2 Å². The van der Waals surface area contributed by atoms with Gasteiger partial charge in [-0.3, -0.25) is 0 Å². The van der Waals surface area contributed by atoms with Crippen LogP contribution in [-0.4, -0.2) is 55.9 Å². The standard InChI is InChI=1S/C20H30N2O3S/c1-16(2)22-14-20(10-12-21(13-11-20)17-6-5-7-17)15-25-18-8-3-4-9-19(18)26(22,23)24/h3-4,8-9,16-17H,5-7,10-15H2,1-2H3. The molecule has 1 spiro atoms. The summed E-state index contributed by atoms with van der Waals surface area (Å²) in [6.07, 6.45) is 6.01. The monoisotopic (exact) mass is 378 g/mol. The highest BCUT2D eigenvalue weighted by atomic mass is 32.2. The molecule has 2 heterocycles. The summed E-state index contributed by atoms with van der Waals surface area (Å²) in [5.74, 6) is 0.499. The fourth-order valence-corrected chi connectivity index (χ4v) is 6.36. The molecule has 1 aromatic carbocycles. The number of ether oxygens (including phenoxy) is 1. The van der Waals surface area contributed by atoms with Crippen LogP contribution in [0.5, 0.6) is 5.75 Å². The SMILES string of the molecule is CC(C)N1CC2(CCN(C3CCC3)CC2)COc2ccccc2S1(=O)=O. The molecule has 0 amide bonds. The second-order valence-corrected chi connectivity index (χ2v) is 10.4. The molecule has 26 heavy (non-hydrogen) atoms. The Kier molecular flexibility index (Phi) is 4.78. The number of hydrogen-bond acceptors (Lipinski definition) is 4. The van der Waals surface area contributed by atoms with Crippen molar-refractivity contribution in [1.29, 1.82) is 0 Å². The second kappa shape index (κ2) is 6.80. The summed E-state index contributed by atoms with van der Waals surface area (Å²) in [5.41, 5.74) is -0.0921. The van der Waals surface area contributed by atoms with Crippen molar-refractivity contribution in [3.8, 4) is 5.75 Å². The van der Waals surface area contributed by atoms with Crippen LogP contribution in [0.1, 0.15) is 46.0 Å². The summed E-state index contributed by atoms with van der Waals surface area (Å²) >= 11 is 0. The summed E-state index contributed by atoms with van der Waals surface area (Å²) in [4.78, 5) is 2.91. The maximum absolute atomic E-state index is 13.3. The molecule has 1 saturated carbocycles. The van der Waals surface area contributed by atoms with E-state index in [1.807, 2.05) is 19.9 Å². The van der Waals surface area contributed by atoms with E-state index >= 15 is 0 Å². The quantitative estimate of drug-likeness (QED) is 0.793. The van der Waals surface area contributed by atoms with E-state index in [-0.39, 0.29) is 11.5 Å². The predicted molar refractivity (Wildman–Crippen MR) is 102 cm³/mol. The van der Waals surface area contributed by atoms with Crippen molar-refractivity contribution >= 4 is 10.0 Å². The first-order valence-electron chi connectivity index (χ1n) is 9.89. The molecule has 1 aliphatic carbocycles. The molecule has 144 valence electrons. The van der Waals surface area contributed by atoms with E-state index in [0.717, 1.165) is 32.0 Å². The minimum absolute atomic E-state index is 0.0623. The van der Waals surface area contributed by atoms with Crippen molar-refractivity contribution < 1.29 is 13.2 Å². The van der Waals surface area contributed by atoms with E-state index in [4.69, 9.17) is 4.74 Å². The first-order valence-corrected chi connectivity index (χ1v) is 11.3. The van der Waals surface area contributed by atoms with Gasteiger partial charge in [-0.05, 0) is 64.8 Å². The lowest BCUT2D eigenvalue weighted by atomic mass is 9.77. The third-order valence-electron chi connectivity index (χ3n) is 6.49. The van der Waals surface area contributed by atoms with Crippen LogP contribution in [0.15, 0.2) is 29.2 Å². The Bertz CT molecular complexity index is 750. The third kappa shape index (κ3) is 3.16. The van der Waals surface area contributed by atoms with Gasteiger partial charge >= 0.3 is 0 Å². The van der Waals surface area contributed by atoms with Gasteiger partial charge in [0.2, 0.25) is 10.0 Å². The Morgan fingerprint density at radius 3 is 2.46 bits per heavy atom. The van der Waals surface area contributed by atoms with Gasteiger partial charge in [0.25, 0.3) is 0 Å². The molecule has 2 fully saturated rings. The van der Waals surface area contributed by atoms with Crippen LogP contribution in [0.2, 0.25) is 0 Å². The molecule has 1 saturated heterocycles. The molecule has 1 aromatic rings. The maximum atomic E-state index is 13.3. The normalized spacial score (nSPS) is 26.6. The summed E-state index contributed by atoms with van der Waals surface area (Å²) in [6, 6.07) is 7.76. The van der Waals surface area contributed by atoms with E-state index in [9.17, 15) is 8.42 Å². The molecule has 5 nitrogen and oxygen atoms in total. The summed E-state index contributed by atoms with van der Waals surface area (Å²) in [6.45, 7) is 7.21. The van der Waals surface area contributed by atoms with Gasteiger partial charge < -0.3 is 9.64 Å². The van der Waals surface area contributed by atoms with Gasteiger partial charge in [0.15, 0.2) is 0 Å². The number of sulfonamides is 1. The lowest BCUT2D eigenvalue weighted by molar-refractivity contribution is 0.00224. The Balaban J connectivity index is 1.63. The van der Waals surface area contributed by atoms with Crippen LogP contribution < -0.4 is 4.74 Å². The lowest BCUT2D eigenvalue weighted by Crippen LogP contribution is -2.55. The Morgan fingerprint density at radius 1 is 1.15 bits per heavy atom. The average molecular weight is 379 g/mol. The first-order chi connectivity index (χ1) is 12.4. The Labute approximate surface area is 157 Å². The summed E-state index contributed by atoms with van der Waals surface area (Å²) in [5, 5.41) is 0. The van der Waals surface area contributed by atoms with Crippen molar-refractivity contribution in [3.63, 3.8) is 0 Å². The molecule has 2 aliphatic heterocycles. The van der Waals surface area contributed by atoms with Gasteiger partial charge in [0, 0.05) is 24.0 Å². The summed E-state index contributed by atoms with van der Waals surface area (Å²) < 4.78 is 34.4. The number of hydrogen-bond donors (Lipinski definition) is 0. The lowest BCUT2D eigenvalue weighted by Gasteiger charge is -2.48. The van der Waals surface area contributed by atoms with Gasteiger partial charge in [-0.2, -0.15) is 4.31 Å². The number of piperidine rings is 1. The van der Waals surface area contributed by atoms with Crippen LogP contribution in [-0.2, 0) is 10.0 Å². The topological polar surface area (TPSA) is 49.9 Å². The zero-order valence-electron chi connectivity index (χ0n) is 15.9. The zero-order valence-corrected chi connectivity index (χ0v) is 16.7. The number of rotatable bonds is 2. The van der Waals surface area contributed by atoms with Crippen molar-refractivity contribution in [2.45, 2.75) is 62.9 Å². The highest BCUT2D eigenvalue weighted by Gasteiger charge is 2.44. The number of nitrogens with zero attached hydrogens (tertiary/aromatic N) is 2. The minimum Gasteiger partial charge on any atom is -0.492 e. The first kappa shape index (κ1) is 18.3. The number of benzene rings is 1. The molecule has 0 N–H and O–H groups in total. The van der Waals surface area contributed by atoms with Crippen LogP contribution >= 0.6 is 0 Å². The molecule has 0 bridgehead atoms. The zero-order chi connectivity index (χ0) is 18.4. The van der Waals surface area contributed by atoms with Gasteiger partial charge in [-0.15, -0.1) is 0 Å². The number of para-hydroxylation sites is 1. The van der Waals surface area contributed by atoms with Crippen molar-refractivity contribution in [2.24, 2.45) is 5.41 Å².